The molecule has 0 saturated heterocycles. The predicted molar refractivity (Wildman–Crippen MR) is 97.1 cm³/mol. The summed E-state index contributed by atoms with van der Waals surface area (Å²) in [6.45, 7) is 1.90. The normalized spacial score (nSPS) is 12.8. The maximum atomic E-state index is 12.8. The highest BCUT2D eigenvalue weighted by Gasteiger charge is 2.34. The summed E-state index contributed by atoms with van der Waals surface area (Å²) in [5.74, 6) is 0.645. The number of halogens is 4. The first-order valence-corrected chi connectivity index (χ1v) is 8.28. The van der Waals surface area contributed by atoms with Crippen molar-refractivity contribution >= 4 is 23.1 Å². The van der Waals surface area contributed by atoms with Crippen molar-refractivity contribution < 1.29 is 13.2 Å². The van der Waals surface area contributed by atoms with Gasteiger partial charge in [-0.15, -0.1) is 0 Å². The molecule has 0 bridgehead atoms. The summed E-state index contributed by atoms with van der Waals surface area (Å²) in [4.78, 5) is 11.5. The highest BCUT2D eigenvalue weighted by Crippen LogP contribution is 2.31. The number of hydrogen-bond acceptors (Lipinski definition) is 5. The van der Waals surface area contributed by atoms with E-state index in [9.17, 15) is 13.2 Å². The molecule has 0 amide bonds. The van der Waals surface area contributed by atoms with E-state index >= 15 is 0 Å². The number of nitrogen functional groups attached to an aromatic ring is 1. The van der Waals surface area contributed by atoms with E-state index in [0.29, 0.717) is 17.1 Å². The molecule has 0 radical (unpaired) electrons. The van der Waals surface area contributed by atoms with E-state index in [1.54, 1.807) is 24.3 Å². The van der Waals surface area contributed by atoms with Gasteiger partial charge in [0.25, 0.3) is 0 Å². The van der Waals surface area contributed by atoms with E-state index in [2.05, 4.69) is 20.3 Å². The monoisotopic (exact) mass is 396 g/mol. The zero-order valence-corrected chi connectivity index (χ0v) is 15.2. The number of alkyl halides is 3. The van der Waals surface area contributed by atoms with Crippen LogP contribution in [0.25, 0.3) is 11.4 Å². The molecule has 0 spiro atoms. The van der Waals surface area contributed by atoms with E-state index in [-0.39, 0.29) is 17.1 Å². The van der Waals surface area contributed by atoms with Crippen LogP contribution in [0.4, 0.5) is 24.7 Å². The highest BCUT2D eigenvalue weighted by molar-refractivity contribution is 6.28. The van der Waals surface area contributed by atoms with Crippen molar-refractivity contribution in [2.24, 2.45) is 7.05 Å². The number of nitrogens with zero attached hydrogens (tertiary/aromatic N) is 4. The topological polar surface area (TPSA) is 81.7 Å². The molecule has 6 nitrogen and oxygen atoms in total. The molecule has 1 atom stereocenters. The van der Waals surface area contributed by atoms with Crippen molar-refractivity contribution in [2.45, 2.75) is 19.1 Å². The lowest BCUT2D eigenvalue weighted by Gasteiger charge is -2.16. The van der Waals surface area contributed by atoms with Crippen LogP contribution in [0.15, 0.2) is 36.7 Å². The van der Waals surface area contributed by atoms with Gasteiger partial charge >= 0.3 is 6.18 Å². The Kier molecular flexibility index (Phi) is 4.97. The number of aryl methyl sites for hydroxylation is 1. The van der Waals surface area contributed by atoms with Gasteiger partial charge in [0.05, 0.1) is 17.9 Å². The molecular formula is C17H16ClF3N6. The van der Waals surface area contributed by atoms with Gasteiger partial charge in [-0.2, -0.15) is 18.2 Å². The SMILES string of the molecule is CC(Nc1nc(Cl)ncc1N)c1ccc(-c2nc(C(F)(F)F)cn2C)cc1. The molecule has 1 unspecified atom stereocenters. The quantitative estimate of drug-likeness (QED) is 0.642. The first kappa shape index (κ1) is 19.0. The molecular weight excluding hydrogens is 381 g/mol. The molecule has 3 rings (SSSR count). The van der Waals surface area contributed by atoms with Crippen LogP contribution in [0.2, 0.25) is 5.28 Å². The summed E-state index contributed by atoms with van der Waals surface area (Å²) in [6.07, 6.45) is -2.10. The molecule has 1 aromatic carbocycles. The minimum absolute atomic E-state index is 0.0736. The summed E-state index contributed by atoms with van der Waals surface area (Å²) < 4.78 is 39.8. The number of hydrogen-bond donors (Lipinski definition) is 2. The van der Waals surface area contributed by atoms with Crippen LogP contribution >= 0.6 is 11.6 Å². The van der Waals surface area contributed by atoms with Gasteiger partial charge in [0.15, 0.2) is 11.5 Å². The molecule has 0 saturated carbocycles. The van der Waals surface area contributed by atoms with E-state index in [1.165, 1.54) is 17.8 Å². The molecule has 0 fully saturated rings. The zero-order chi connectivity index (χ0) is 19.8. The number of nitrogens with two attached hydrogens (primary N) is 1. The van der Waals surface area contributed by atoms with Crippen molar-refractivity contribution in [1.82, 2.24) is 19.5 Å². The van der Waals surface area contributed by atoms with E-state index in [0.717, 1.165) is 11.8 Å². The van der Waals surface area contributed by atoms with Gasteiger partial charge in [-0.1, -0.05) is 24.3 Å². The van der Waals surface area contributed by atoms with Gasteiger partial charge in [0.2, 0.25) is 5.28 Å². The second-order valence-electron chi connectivity index (χ2n) is 5.99. The standard InChI is InChI=1S/C17H16ClF3N6/c1-9(24-14-12(22)7-23-16(18)26-14)10-3-5-11(6-4-10)15-25-13(8-27(15)2)17(19,20)21/h3-9H,22H2,1-2H3,(H,23,24,26). The molecule has 142 valence electrons. The lowest BCUT2D eigenvalue weighted by Crippen LogP contribution is -2.10. The van der Waals surface area contributed by atoms with E-state index < -0.39 is 11.9 Å². The van der Waals surface area contributed by atoms with Gasteiger partial charge in [0, 0.05) is 18.8 Å². The van der Waals surface area contributed by atoms with Crippen LogP contribution in [0.1, 0.15) is 24.2 Å². The van der Waals surface area contributed by atoms with Crippen LogP contribution < -0.4 is 11.1 Å². The minimum atomic E-state index is -4.48. The van der Waals surface area contributed by atoms with Crippen LogP contribution in [-0.4, -0.2) is 19.5 Å². The molecule has 0 aliphatic carbocycles. The number of benzene rings is 1. The number of rotatable bonds is 4. The Hall–Kier alpha value is -2.81. The molecule has 0 aliphatic heterocycles. The Morgan fingerprint density at radius 3 is 2.44 bits per heavy atom. The van der Waals surface area contributed by atoms with Crippen molar-refractivity contribution in [3.8, 4) is 11.4 Å². The fraction of sp³-hybridized carbons (Fsp3) is 0.235. The Balaban J connectivity index is 1.81. The molecule has 2 aromatic heterocycles. The van der Waals surface area contributed by atoms with Crippen molar-refractivity contribution in [2.75, 3.05) is 11.1 Å². The average molecular weight is 397 g/mol. The van der Waals surface area contributed by atoms with Crippen LogP contribution in [0, 0.1) is 0 Å². The molecule has 3 aromatic rings. The van der Waals surface area contributed by atoms with Gasteiger partial charge in [-0.3, -0.25) is 0 Å². The lowest BCUT2D eigenvalue weighted by molar-refractivity contribution is -0.140. The van der Waals surface area contributed by atoms with Crippen molar-refractivity contribution in [1.29, 1.82) is 0 Å². The van der Waals surface area contributed by atoms with Crippen LogP contribution in [-0.2, 0) is 13.2 Å². The van der Waals surface area contributed by atoms with Gasteiger partial charge in [-0.25, -0.2) is 9.97 Å². The van der Waals surface area contributed by atoms with Gasteiger partial charge in [-0.05, 0) is 24.1 Å². The summed E-state index contributed by atoms with van der Waals surface area (Å²) >= 11 is 5.78. The Bertz CT molecular complexity index is 952. The largest absolute Gasteiger partial charge is 0.434 e. The van der Waals surface area contributed by atoms with Crippen molar-refractivity contribution in [3.63, 3.8) is 0 Å². The third kappa shape index (κ3) is 4.13. The number of imidazole rings is 1. The average Bonchev–Trinajstić information content (AvgIpc) is 3.00. The molecule has 3 N–H and O–H groups in total. The van der Waals surface area contributed by atoms with Gasteiger partial charge in [0.1, 0.15) is 5.82 Å². The molecule has 2 heterocycles. The molecule has 0 aliphatic rings. The second-order valence-corrected chi connectivity index (χ2v) is 6.33. The fourth-order valence-electron chi connectivity index (χ4n) is 2.57. The van der Waals surface area contributed by atoms with Crippen LogP contribution in [0.5, 0.6) is 0 Å². The summed E-state index contributed by atoms with van der Waals surface area (Å²) in [5.41, 5.74) is 6.72. The minimum Gasteiger partial charge on any atom is -0.394 e. The van der Waals surface area contributed by atoms with Crippen molar-refractivity contribution in [3.05, 3.63) is 53.2 Å². The smallest absolute Gasteiger partial charge is 0.394 e. The third-order valence-corrected chi connectivity index (χ3v) is 4.16. The highest BCUT2D eigenvalue weighted by atomic mass is 35.5. The van der Waals surface area contributed by atoms with Gasteiger partial charge < -0.3 is 15.6 Å². The summed E-state index contributed by atoms with van der Waals surface area (Å²) in [7, 11) is 1.53. The Morgan fingerprint density at radius 2 is 1.85 bits per heavy atom. The van der Waals surface area contributed by atoms with Crippen LogP contribution in [0.3, 0.4) is 0 Å². The summed E-state index contributed by atoms with van der Waals surface area (Å²) in [5, 5.41) is 3.21. The molecule has 27 heavy (non-hydrogen) atoms. The lowest BCUT2D eigenvalue weighted by atomic mass is 10.1. The fourth-order valence-corrected chi connectivity index (χ4v) is 2.70. The van der Waals surface area contributed by atoms with E-state index in [4.69, 9.17) is 17.3 Å². The first-order valence-electron chi connectivity index (χ1n) is 7.90. The maximum Gasteiger partial charge on any atom is 0.434 e. The number of nitrogens with one attached hydrogen (secondary N) is 1. The number of aromatic nitrogens is 4. The number of anilines is 2. The third-order valence-electron chi connectivity index (χ3n) is 3.98. The first-order chi connectivity index (χ1) is 12.6. The Labute approximate surface area is 158 Å². The maximum absolute atomic E-state index is 12.8. The molecule has 10 heteroatoms. The zero-order valence-electron chi connectivity index (χ0n) is 14.4. The predicted octanol–water partition coefficient (Wildman–Crippen LogP) is 4.30. The second kappa shape index (κ2) is 7.07. The van der Waals surface area contributed by atoms with E-state index in [1.807, 2.05) is 6.92 Å². The Morgan fingerprint density at radius 1 is 1.19 bits per heavy atom. The summed E-state index contributed by atoms with van der Waals surface area (Å²) in [6, 6.07) is 6.86.